The molecule has 0 saturated heterocycles. The molecule has 0 amide bonds. The van der Waals surface area contributed by atoms with E-state index in [1.165, 1.54) is 0 Å². The Hall–Kier alpha value is -0.170. The van der Waals surface area contributed by atoms with E-state index in [4.69, 9.17) is 9.88 Å². The van der Waals surface area contributed by atoms with E-state index in [-0.39, 0.29) is 5.75 Å². The second-order valence-corrected chi connectivity index (χ2v) is 5.39. The molecule has 0 aromatic heterocycles. The number of nitrogens with two attached hydrogens (primary N) is 1. The molecular formula is C9H22N2O3S. The molecule has 15 heavy (non-hydrogen) atoms. The van der Waals surface area contributed by atoms with Crippen LogP contribution in [0.25, 0.3) is 0 Å². The van der Waals surface area contributed by atoms with Crippen molar-refractivity contribution in [3.05, 3.63) is 0 Å². The van der Waals surface area contributed by atoms with Crippen LogP contribution in [0.2, 0.25) is 0 Å². The van der Waals surface area contributed by atoms with Crippen LogP contribution in [0.4, 0.5) is 0 Å². The van der Waals surface area contributed by atoms with Crippen molar-refractivity contribution in [3.8, 4) is 0 Å². The van der Waals surface area contributed by atoms with Crippen molar-refractivity contribution >= 4 is 10.0 Å². The number of methoxy groups -OCH3 is 1. The summed E-state index contributed by atoms with van der Waals surface area (Å²) in [6.07, 6.45) is 0.570. The summed E-state index contributed by atoms with van der Waals surface area (Å²) < 4.78 is 26.5. The van der Waals surface area contributed by atoms with Gasteiger partial charge in [0.15, 0.2) is 0 Å². The predicted molar refractivity (Wildman–Crippen MR) is 61.2 cm³/mol. The Kier molecular flexibility index (Phi) is 7.08. The fourth-order valence-corrected chi connectivity index (χ4v) is 2.04. The molecule has 92 valence electrons. The molecule has 0 aliphatic carbocycles. The molecule has 0 aliphatic heterocycles. The van der Waals surface area contributed by atoms with Gasteiger partial charge < -0.3 is 4.74 Å². The van der Waals surface area contributed by atoms with Crippen molar-refractivity contribution in [2.45, 2.75) is 26.3 Å². The topological polar surface area (TPSA) is 72.6 Å². The van der Waals surface area contributed by atoms with Gasteiger partial charge in [-0.05, 0) is 26.4 Å². The molecule has 0 aromatic carbocycles. The lowest BCUT2D eigenvalue weighted by molar-refractivity contribution is 0.103. The van der Waals surface area contributed by atoms with Crippen LogP contribution in [0.1, 0.15) is 20.3 Å². The van der Waals surface area contributed by atoms with Crippen LogP contribution in [0, 0.1) is 0 Å². The van der Waals surface area contributed by atoms with Gasteiger partial charge in [-0.15, -0.1) is 0 Å². The lowest BCUT2D eigenvalue weighted by atomic mass is 10.3. The van der Waals surface area contributed by atoms with E-state index in [0.717, 1.165) is 13.1 Å². The molecule has 0 spiro atoms. The number of rotatable bonds is 8. The Balaban J connectivity index is 3.90. The van der Waals surface area contributed by atoms with Gasteiger partial charge in [0.05, 0.1) is 12.4 Å². The third kappa shape index (κ3) is 7.72. The van der Waals surface area contributed by atoms with Crippen LogP contribution < -0.4 is 5.14 Å². The third-order valence-corrected chi connectivity index (χ3v) is 3.17. The van der Waals surface area contributed by atoms with Crippen molar-refractivity contribution in [2.75, 3.05) is 32.6 Å². The molecule has 6 heteroatoms. The summed E-state index contributed by atoms with van der Waals surface area (Å²) in [7, 11) is -1.66. The smallest absolute Gasteiger partial charge is 0.209 e. The number of nitrogens with zero attached hydrogens (tertiary/aromatic N) is 1. The zero-order chi connectivity index (χ0) is 11.9. The molecule has 2 N–H and O–H groups in total. The molecule has 0 radical (unpaired) electrons. The van der Waals surface area contributed by atoms with Gasteiger partial charge in [0.1, 0.15) is 0 Å². The van der Waals surface area contributed by atoms with Crippen molar-refractivity contribution in [1.29, 1.82) is 0 Å². The summed E-state index contributed by atoms with van der Waals surface area (Å²) >= 11 is 0. The maximum atomic E-state index is 10.7. The number of ether oxygens (including phenoxy) is 1. The van der Waals surface area contributed by atoms with Crippen LogP contribution in [-0.2, 0) is 14.8 Å². The minimum atomic E-state index is -3.32. The summed E-state index contributed by atoms with van der Waals surface area (Å²) in [4.78, 5) is 2.18. The number of hydrogen-bond donors (Lipinski definition) is 1. The molecule has 0 fully saturated rings. The van der Waals surface area contributed by atoms with Gasteiger partial charge in [-0.25, -0.2) is 13.6 Å². The first-order valence-corrected chi connectivity index (χ1v) is 6.85. The number of primary sulfonamides is 1. The van der Waals surface area contributed by atoms with Crippen molar-refractivity contribution in [1.82, 2.24) is 4.90 Å². The zero-order valence-corrected chi connectivity index (χ0v) is 10.6. The molecule has 0 heterocycles. The van der Waals surface area contributed by atoms with Gasteiger partial charge in [-0.2, -0.15) is 0 Å². The highest BCUT2D eigenvalue weighted by atomic mass is 32.2. The van der Waals surface area contributed by atoms with Crippen molar-refractivity contribution in [3.63, 3.8) is 0 Å². The standard InChI is InChI=1S/C9H22N2O3S/c1-4-11(9(2)8-14-3)6-5-7-15(10,12)13/h9H,4-8H2,1-3H3,(H2,10,12,13). The average Bonchev–Trinajstić information content (AvgIpc) is 2.11. The second-order valence-electron chi connectivity index (χ2n) is 3.65. The average molecular weight is 238 g/mol. The van der Waals surface area contributed by atoms with Gasteiger partial charge in [0.25, 0.3) is 0 Å². The summed E-state index contributed by atoms with van der Waals surface area (Å²) in [5.41, 5.74) is 0. The van der Waals surface area contributed by atoms with Gasteiger partial charge >= 0.3 is 0 Å². The normalized spacial score (nSPS) is 14.5. The SMILES string of the molecule is CCN(CCCS(N)(=O)=O)C(C)COC. The molecule has 5 nitrogen and oxygen atoms in total. The summed E-state index contributed by atoms with van der Waals surface area (Å²) in [6, 6.07) is 0.306. The number of likely N-dealkylation sites (N-methyl/N-ethyl adjacent to an activating group) is 1. The van der Waals surface area contributed by atoms with Gasteiger partial charge in [-0.1, -0.05) is 6.92 Å². The van der Waals surface area contributed by atoms with E-state index >= 15 is 0 Å². The van der Waals surface area contributed by atoms with E-state index in [0.29, 0.717) is 19.1 Å². The molecule has 1 unspecified atom stereocenters. The largest absolute Gasteiger partial charge is 0.383 e. The Labute approximate surface area is 92.6 Å². The van der Waals surface area contributed by atoms with E-state index < -0.39 is 10.0 Å². The fraction of sp³-hybridized carbons (Fsp3) is 1.00. The minimum Gasteiger partial charge on any atom is -0.383 e. The zero-order valence-electron chi connectivity index (χ0n) is 9.77. The van der Waals surface area contributed by atoms with Crippen LogP contribution >= 0.6 is 0 Å². The van der Waals surface area contributed by atoms with Crippen molar-refractivity contribution in [2.24, 2.45) is 5.14 Å². The molecule has 0 aliphatic rings. The monoisotopic (exact) mass is 238 g/mol. The van der Waals surface area contributed by atoms with E-state index in [1.807, 2.05) is 6.92 Å². The predicted octanol–water partition coefficient (Wildman–Crippen LogP) is 0.0218. The Morgan fingerprint density at radius 2 is 2.07 bits per heavy atom. The quantitative estimate of drug-likeness (QED) is 0.647. The second kappa shape index (κ2) is 7.16. The first-order chi connectivity index (χ1) is 6.90. The molecule has 1 atom stereocenters. The van der Waals surface area contributed by atoms with Crippen LogP contribution in [0.3, 0.4) is 0 Å². The maximum Gasteiger partial charge on any atom is 0.209 e. The third-order valence-electron chi connectivity index (χ3n) is 2.31. The minimum absolute atomic E-state index is 0.0448. The van der Waals surface area contributed by atoms with Gasteiger partial charge in [0, 0.05) is 13.2 Å². The van der Waals surface area contributed by atoms with Gasteiger partial charge in [-0.3, -0.25) is 4.90 Å². The van der Waals surface area contributed by atoms with Crippen molar-refractivity contribution < 1.29 is 13.2 Å². The van der Waals surface area contributed by atoms with Gasteiger partial charge in [0.2, 0.25) is 10.0 Å². The van der Waals surface area contributed by atoms with Crippen LogP contribution in [0.15, 0.2) is 0 Å². The molecular weight excluding hydrogens is 216 g/mol. The van der Waals surface area contributed by atoms with Crippen LogP contribution in [-0.4, -0.2) is 51.9 Å². The van der Waals surface area contributed by atoms with E-state index in [9.17, 15) is 8.42 Å². The lowest BCUT2D eigenvalue weighted by Gasteiger charge is -2.26. The summed E-state index contributed by atoms with van der Waals surface area (Å²) in [5.74, 6) is 0.0448. The Morgan fingerprint density at radius 3 is 2.47 bits per heavy atom. The first kappa shape index (κ1) is 14.8. The fourth-order valence-electron chi connectivity index (χ4n) is 1.51. The number of sulfonamides is 1. The first-order valence-electron chi connectivity index (χ1n) is 5.14. The molecule has 0 bridgehead atoms. The van der Waals surface area contributed by atoms with E-state index in [1.54, 1.807) is 7.11 Å². The summed E-state index contributed by atoms with van der Waals surface area (Å²) in [5, 5.41) is 4.93. The Morgan fingerprint density at radius 1 is 1.47 bits per heavy atom. The summed E-state index contributed by atoms with van der Waals surface area (Å²) in [6.45, 7) is 6.38. The highest BCUT2D eigenvalue weighted by molar-refractivity contribution is 7.89. The van der Waals surface area contributed by atoms with Crippen LogP contribution in [0.5, 0.6) is 0 Å². The Bertz CT molecular complexity index is 254. The maximum absolute atomic E-state index is 10.7. The number of hydrogen-bond acceptors (Lipinski definition) is 4. The highest BCUT2D eigenvalue weighted by Gasteiger charge is 2.12. The molecule has 0 aromatic rings. The molecule has 0 saturated carbocycles. The lowest BCUT2D eigenvalue weighted by Crippen LogP contribution is -2.37. The molecule has 0 rings (SSSR count). The van der Waals surface area contributed by atoms with E-state index in [2.05, 4.69) is 11.8 Å². The highest BCUT2D eigenvalue weighted by Crippen LogP contribution is 2.01.